The van der Waals surface area contributed by atoms with Gasteiger partial charge in [0.25, 0.3) is 0 Å². The summed E-state index contributed by atoms with van der Waals surface area (Å²) in [6.45, 7) is 7.02. The Morgan fingerprint density at radius 3 is 2.77 bits per heavy atom. The van der Waals surface area contributed by atoms with Gasteiger partial charge in [0.1, 0.15) is 5.82 Å². The van der Waals surface area contributed by atoms with Gasteiger partial charge in [-0.1, -0.05) is 49.0 Å². The Morgan fingerprint density at radius 2 is 2.00 bits per heavy atom. The van der Waals surface area contributed by atoms with E-state index in [9.17, 15) is 4.79 Å². The summed E-state index contributed by atoms with van der Waals surface area (Å²) in [6.07, 6.45) is 2.14. The lowest BCUT2D eigenvalue weighted by Crippen LogP contribution is -2.28. The van der Waals surface area contributed by atoms with Crippen molar-refractivity contribution in [3.63, 3.8) is 0 Å². The molecule has 0 aliphatic heterocycles. The van der Waals surface area contributed by atoms with Crippen LogP contribution >= 0.6 is 11.8 Å². The second kappa shape index (κ2) is 11.5. The number of thioether (sulfide) groups is 1. The molecule has 8 nitrogen and oxygen atoms in total. The van der Waals surface area contributed by atoms with Gasteiger partial charge in [-0.2, -0.15) is 5.10 Å². The molecule has 0 aliphatic carbocycles. The van der Waals surface area contributed by atoms with E-state index in [0.29, 0.717) is 44.4 Å². The summed E-state index contributed by atoms with van der Waals surface area (Å²) in [4.78, 5) is 21.5. The minimum Gasteiger partial charge on any atom is -0.380 e. The van der Waals surface area contributed by atoms with Crippen molar-refractivity contribution in [1.29, 1.82) is 0 Å². The van der Waals surface area contributed by atoms with Crippen LogP contribution in [-0.4, -0.2) is 57.7 Å². The highest BCUT2D eigenvalue weighted by Gasteiger charge is 2.13. The van der Waals surface area contributed by atoms with Crippen molar-refractivity contribution >= 4 is 34.5 Å². The fourth-order valence-electron chi connectivity index (χ4n) is 2.96. The van der Waals surface area contributed by atoms with Gasteiger partial charge in [-0.15, -0.1) is 0 Å². The number of nitrogens with zero attached hydrogens (tertiary/aromatic N) is 4. The van der Waals surface area contributed by atoms with Crippen molar-refractivity contribution in [2.24, 2.45) is 0 Å². The lowest BCUT2D eigenvalue weighted by Gasteiger charge is -2.10. The van der Waals surface area contributed by atoms with Crippen LogP contribution in [0.15, 0.2) is 41.7 Å². The fraction of sp³-hybridized carbons (Fsp3) is 0.429. The molecule has 0 bridgehead atoms. The number of aromatic nitrogens is 4. The SMILES string of the molecule is CCOCCNc1nc(SCC)nc2c1cnn2CCNC(=O)Cc1ccccc1. The molecule has 3 aromatic rings. The van der Waals surface area contributed by atoms with Gasteiger partial charge in [-0.25, -0.2) is 14.6 Å². The summed E-state index contributed by atoms with van der Waals surface area (Å²) in [6, 6.07) is 9.71. The van der Waals surface area contributed by atoms with Crippen molar-refractivity contribution in [2.75, 3.05) is 37.4 Å². The summed E-state index contributed by atoms with van der Waals surface area (Å²) >= 11 is 1.59. The number of rotatable bonds is 12. The lowest BCUT2D eigenvalue weighted by molar-refractivity contribution is -0.120. The van der Waals surface area contributed by atoms with Crippen LogP contribution in [0.2, 0.25) is 0 Å². The van der Waals surface area contributed by atoms with Crippen LogP contribution in [0.1, 0.15) is 19.4 Å². The summed E-state index contributed by atoms with van der Waals surface area (Å²) in [5.74, 6) is 1.64. The molecule has 1 aromatic carbocycles. The van der Waals surface area contributed by atoms with Crippen LogP contribution in [-0.2, 0) is 22.5 Å². The molecule has 0 spiro atoms. The molecule has 9 heteroatoms. The van der Waals surface area contributed by atoms with E-state index in [1.807, 2.05) is 41.9 Å². The first kappa shape index (κ1) is 22.0. The van der Waals surface area contributed by atoms with E-state index in [4.69, 9.17) is 4.74 Å². The zero-order chi connectivity index (χ0) is 21.2. The standard InChI is InChI=1S/C21H28N6O2S/c1-3-29-13-11-23-19-17-15-24-27(20(17)26-21(25-19)30-4-2)12-10-22-18(28)14-16-8-6-5-7-9-16/h5-9,15H,3-4,10-14H2,1-2H3,(H,22,28)(H,23,25,26). The Bertz CT molecular complexity index is 947. The molecule has 0 saturated heterocycles. The molecule has 0 radical (unpaired) electrons. The van der Waals surface area contributed by atoms with Gasteiger partial charge in [0, 0.05) is 19.7 Å². The van der Waals surface area contributed by atoms with Crippen molar-refractivity contribution in [3.05, 3.63) is 42.1 Å². The molecular formula is C21H28N6O2S. The molecule has 0 unspecified atom stereocenters. The number of ether oxygens (including phenoxy) is 1. The number of hydrogen-bond acceptors (Lipinski definition) is 7. The first-order chi connectivity index (χ1) is 14.7. The minimum absolute atomic E-state index is 0.00667. The molecular weight excluding hydrogens is 400 g/mol. The molecule has 3 rings (SSSR count). The maximum atomic E-state index is 12.2. The lowest BCUT2D eigenvalue weighted by atomic mass is 10.1. The number of carbonyl (C=O) groups excluding carboxylic acids is 1. The average Bonchev–Trinajstić information content (AvgIpc) is 3.15. The quantitative estimate of drug-likeness (QED) is 0.260. The maximum Gasteiger partial charge on any atom is 0.224 e. The molecule has 2 aromatic heterocycles. The highest BCUT2D eigenvalue weighted by molar-refractivity contribution is 7.99. The van der Waals surface area contributed by atoms with Crippen molar-refractivity contribution < 1.29 is 9.53 Å². The van der Waals surface area contributed by atoms with E-state index in [1.165, 1.54) is 0 Å². The average molecular weight is 429 g/mol. The van der Waals surface area contributed by atoms with E-state index >= 15 is 0 Å². The van der Waals surface area contributed by atoms with Gasteiger partial charge in [0.2, 0.25) is 5.91 Å². The third-order valence-electron chi connectivity index (χ3n) is 4.35. The molecule has 160 valence electrons. The van der Waals surface area contributed by atoms with Gasteiger partial charge >= 0.3 is 0 Å². The Balaban J connectivity index is 1.65. The fourth-order valence-corrected chi connectivity index (χ4v) is 3.52. The van der Waals surface area contributed by atoms with Crippen LogP contribution in [0.3, 0.4) is 0 Å². The van der Waals surface area contributed by atoms with E-state index in [2.05, 4.69) is 32.6 Å². The van der Waals surface area contributed by atoms with Gasteiger partial charge in [-0.05, 0) is 18.2 Å². The first-order valence-corrected chi connectivity index (χ1v) is 11.2. The monoisotopic (exact) mass is 428 g/mol. The number of fused-ring (bicyclic) bond motifs is 1. The topological polar surface area (TPSA) is 94.0 Å². The summed E-state index contributed by atoms with van der Waals surface area (Å²) in [5.41, 5.74) is 1.76. The predicted molar refractivity (Wildman–Crippen MR) is 120 cm³/mol. The minimum atomic E-state index is -0.00667. The van der Waals surface area contributed by atoms with Crippen LogP contribution in [0, 0.1) is 0 Å². The zero-order valence-electron chi connectivity index (χ0n) is 17.4. The largest absolute Gasteiger partial charge is 0.380 e. The van der Waals surface area contributed by atoms with Crippen molar-refractivity contribution in [2.45, 2.75) is 32.0 Å². The Morgan fingerprint density at radius 1 is 1.17 bits per heavy atom. The number of amides is 1. The van der Waals surface area contributed by atoms with Gasteiger partial charge in [0.05, 0.1) is 31.2 Å². The molecule has 0 fully saturated rings. The number of nitrogens with one attached hydrogen (secondary N) is 2. The number of hydrogen-bond donors (Lipinski definition) is 2. The smallest absolute Gasteiger partial charge is 0.224 e. The molecule has 30 heavy (non-hydrogen) atoms. The Labute approximate surface area is 180 Å². The van der Waals surface area contributed by atoms with Crippen molar-refractivity contribution in [3.8, 4) is 0 Å². The first-order valence-electron chi connectivity index (χ1n) is 10.2. The zero-order valence-corrected chi connectivity index (χ0v) is 18.2. The third-order valence-corrected chi connectivity index (χ3v) is 5.07. The van der Waals surface area contributed by atoms with E-state index in [-0.39, 0.29) is 5.91 Å². The van der Waals surface area contributed by atoms with E-state index in [0.717, 1.165) is 28.2 Å². The molecule has 0 aliphatic rings. The second-order valence-corrected chi connectivity index (χ2v) is 7.76. The van der Waals surface area contributed by atoms with E-state index in [1.54, 1.807) is 18.0 Å². The summed E-state index contributed by atoms with van der Waals surface area (Å²) < 4.78 is 7.21. The Hall–Kier alpha value is -2.65. The molecule has 0 saturated carbocycles. The maximum absolute atomic E-state index is 12.2. The third kappa shape index (κ3) is 6.17. The van der Waals surface area contributed by atoms with Crippen LogP contribution < -0.4 is 10.6 Å². The van der Waals surface area contributed by atoms with Crippen molar-refractivity contribution in [1.82, 2.24) is 25.1 Å². The molecule has 2 N–H and O–H groups in total. The van der Waals surface area contributed by atoms with Gasteiger partial charge in [0.15, 0.2) is 10.8 Å². The van der Waals surface area contributed by atoms with Gasteiger partial charge in [-0.3, -0.25) is 4.79 Å². The molecule has 2 heterocycles. The van der Waals surface area contributed by atoms with Crippen LogP contribution in [0.25, 0.3) is 11.0 Å². The number of carbonyl (C=O) groups is 1. The summed E-state index contributed by atoms with van der Waals surface area (Å²) in [5, 5.41) is 12.3. The molecule has 1 amide bonds. The molecule has 0 atom stereocenters. The highest BCUT2D eigenvalue weighted by atomic mass is 32.2. The van der Waals surface area contributed by atoms with Gasteiger partial charge < -0.3 is 15.4 Å². The normalized spacial score (nSPS) is 11.0. The van der Waals surface area contributed by atoms with Crippen LogP contribution in [0.4, 0.5) is 5.82 Å². The number of anilines is 1. The highest BCUT2D eigenvalue weighted by Crippen LogP contribution is 2.24. The summed E-state index contributed by atoms with van der Waals surface area (Å²) in [7, 11) is 0. The Kier molecular flexibility index (Phi) is 8.46. The second-order valence-electron chi connectivity index (χ2n) is 6.53. The predicted octanol–water partition coefficient (Wildman–Crippen LogP) is 2.75. The van der Waals surface area contributed by atoms with E-state index < -0.39 is 0 Å². The van der Waals surface area contributed by atoms with Crippen LogP contribution in [0.5, 0.6) is 0 Å². The number of benzene rings is 1.